The highest BCUT2D eigenvalue weighted by atomic mass is 35.5. The quantitative estimate of drug-likeness (QED) is 0.881. The Kier molecular flexibility index (Phi) is 4.35. The Morgan fingerprint density at radius 3 is 3.06 bits per heavy atom. The van der Waals surface area contributed by atoms with Gasteiger partial charge in [0.1, 0.15) is 0 Å². The number of rotatable bonds is 2. The van der Waals surface area contributed by atoms with E-state index >= 15 is 0 Å². The second-order valence-electron chi connectivity index (χ2n) is 4.34. The normalized spacial score (nSPS) is 21.8. The summed E-state index contributed by atoms with van der Waals surface area (Å²) >= 11 is 7.79. The van der Waals surface area contributed by atoms with Crippen LogP contribution in [-0.4, -0.2) is 17.0 Å². The molecule has 0 saturated carbocycles. The van der Waals surface area contributed by atoms with Crippen molar-refractivity contribution in [2.24, 2.45) is 4.99 Å². The van der Waals surface area contributed by atoms with Crippen LogP contribution in [0.1, 0.15) is 31.9 Å². The zero-order valence-corrected chi connectivity index (χ0v) is 11.7. The summed E-state index contributed by atoms with van der Waals surface area (Å²) in [6.45, 7) is 4.29. The van der Waals surface area contributed by atoms with Crippen molar-refractivity contribution in [3.8, 4) is 0 Å². The van der Waals surface area contributed by atoms with Crippen molar-refractivity contribution in [3.05, 3.63) is 34.9 Å². The Labute approximate surface area is 112 Å². The van der Waals surface area contributed by atoms with E-state index in [0.717, 1.165) is 15.9 Å². The average molecular weight is 269 g/mol. The van der Waals surface area contributed by atoms with E-state index < -0.39 is 0 Å². The summed E-state index contributed by atoms with van der Waals surface area (Å²) in [6, 6.07) is 8.63. The molecule has 0 aliphatic carbocycles. The Morgan fingerprint density at radius 1 is 1.53 bits per heavy atom. The van der Waals surface area contributed by atoms with Crippen LogP contribution in [0.15, 0.2) is 29.3 Å². The maximum atomic E-state index is 5.99. The average Bonchev–Trinajstić information content (AvgIpc) is 2.29. The Morgan fingerprint density at radius 2 is 2.35 bits per heavy atom. The van der Waals surface area contributed by atoms with Crippen LogP contribution in [0.5, 0.6) is 0 Å². The smallest absolute Gasteiger partial charge is 0.157 e. The summed E-state index contributed by atoms with van der Waals surface area (Å²) in [7, 11) is 0. The van der Waals surface area contributed by atoms with Gasteiger partial charge in [-0.1, -0.05) is 35.5 Å². The molecule has 2 atom stereocenters. The third-order valence-corrected chi connectivity index (χ3v) is 3.97. The predicted molar refractivity (Wildman–Crippen MR) is 77.0 cm³/mol. The van der Waals surface area contributed by atoms with E-state index in [0.29, 0.717) is 6.04 Å². The molecule has 1 aromatic rings. The van der Waals surface area contributed by atoms with E-state index in [2.05, 4.69) is 30.2 Å². The minimum atomic E-state index is 0.241. The van der Waals surface area contributed by atoms with E-state index in [4.69, 9.17) is 11.6 Å². The maximum absolute atomic E-state index is 5.99. The highest BCUT2D eigenvalue weighted by Crippen LogP contribution is 2.21. The molecule has 0 fully saturated rings. The fraction of sp³-hybridized carbons (Fsp3) is 0.462. The molecule has 2 rings (SSSR count). The summed E-state index contributed by atoms with van der Waals surface area (Å²) in [5.74, 6) is 1.15. The van der Waals surface area contributed by atoms with Gasteiger partial charge in [-0.05, 0) is 38.0 Å². The molecule has 0 bridgehead atoms. The van der Waals surface area contributed by atoms with Crippen LogP contribution in [0, 0.1) is 0 Å². The van der Waals surface area contributed by atoms with E-state index in [1.807, 2.05) is 18.2 Å². The molecule has 1 aromatic carbocycles. The van der Waals surface area contributed by atoms with Crippen LogP contribution < -0.4 is 5.32 Å². The molecular weight excluding hydrogens is 252 g/mol. The van der Waals surface area contributed by atoms with Crippen LogP contribution >= 0.6 is 23.4 Å². The van der Waals surface area contributed by atoms with Gasteiger partial charge in [0.15, 0.2) is 5.17 Å². The van der Waals surface area contributed by atoms with Gasteiger partial charge in [-0.25, -0.2) is 0 Å². The van der Waals surface area contributed by atoms with Crippen LogP contribution in [0.25, 0.3) is 0 Å². The summed E-state index contributed by atoms with van der Waals surface area (Å²) in [6.07, 6.45) is 1.17. The second kappa shape index (κ2) is 5.78. The Balaban J connectivity index is 2.04. The Hall–Kier alpha value is -0.670. The lowest BCUT2D eigenvalue weighted by atomic mass is 10.1. The zero-order valence-electron chi connectivity index (χ0n) is 10.1. The van der Waals surface area contributed by atoms with Crippen molar-refractivity contribution in [2.75, 3.05) is 5.75 Å². The number of aliphatic imine (C=N–C) groups is 1. The van der Waals surface area contributed by atoms with Crippen LogP contribution in [0.3, 0.4) is 0 Å². The molecule has 0 aromatic heterocycles. The minimum absolute atomic E-state index is 0.241. The lowest BCUT2D eigenvalue weighted by Crippen LogP contribution is -2.28. The Bertz CT molecular complexity index is 420. The van der Waals surface area contributed by atoms with E-state index in [9.17, 15) is 0 Å². The van der Waals surface area contributed by atoms with Crippen LogP contribution in [0.2, 0.25) is 5.02 Å². The molecule has 1 aliphatic rings. The number of nitrogens with zero attached hydrogens (tertiary/aromatic N) is 1. The standard InChI is InChI=1S/C13H17ClN2S/c1-9-6-7-17-13(15-9)16-10(2)11-4-3-5-12(14)8-11/h3-5,8-10H,6-7H2,1-2H3,(H,15,16). The largest absolute Gasteiger partial charge is 0.358 e. The number of hydrogen-bond acceptors (Lipinski definition) is 3. The molecule has 0 saturated heterocycles. The van der Waals surface area contributed by atoms with Crippen molar-refractivity contribution in [2.45, 2.75) is 32.4 Å². The maximum Gasteiger partial charge on any atom is 0.157 e. The van der Waals surface area contributed by atoms with Crippen molar-refractivity contribution in [3.63, 3.8) is 0 Å². The van der Waals surface area contributed by atoms with Gasteiger partial charge in [0.05, 0.1) is 12.1 Å². The van der Waals surface area contributed by atoms with Gasteiger partial charge < -0.3 is 5.32 Å². The molecule has 2 unspecified atom stereocenters. The molecule has 1 N–H and O–H groups in total. The van der Waals surface area contributed by atoms with Gasteiger partial charge in [0.2, 0.25) is 0 Å². The first-order chi connectivity index (χ1) is 8.15. The first-order valence-electron chi connectivity index (χ1n) is 5.88. The molecule has 4 heteroatoms. The number of benzene rings is 1. The fourth-order valence-corrected chi connectivity index (χ4v) is 3.12. The molecule has 17 heavy (non-hydrogen) atoms. The summed E-state index contributed by atoms with van der Waals surface area (Å²) < 4.78 is 0. The van der Waals surface area contributed by atoms with Gasteiger partial charge >= 0.3 is 0 Å². The molecule has 0 amide bonds. The number of halogens is 1. The van der Waals surface area contributed by atoms with Crippen LogP contribution in [-0.2, 0) is 0 Å². The van der Waals surface area contributed by atoms with Gasteiger partial charge in [-0.2, -0.15) is 0 Å². The SMILES string of the molecule is CC1CCSC(NC(C)c2cccc(Cl)c2)=N1. The summed E-state index contributed by atoms with van der Waals surface area (Å²) in [4.78, 5) is 4.61. The van der Waals surface area contributed by atoms with Crippen LogP contribution in [0.4, 0.5) is 0 Å². The minimum Gasteiger partial charge on any atom is -0.358 e. The fourth-order valence-electron chi connectivity index (χ4n) is 1.75. The lowest BCUT2D eigenvalue weighted by Gasteiger charge is -2.21. The summed E-state index contributed by atoms with van der Waals surface area (Å²) in [5.41, 5.74) is 1.19. The monoisotopic (exact) mass is 268 g/mol. The lowest BCUT2D eigenvalue weighted by molar-refractivity contribution is 0.683. The van der Waals surface area contributed by atoms with Gasteiger partial charge in [0.25, 0.3) is 0 Å². The topological polar surface area (TPSA) is 24.4 Å². The third-order valence-electron chi connectivity index (χ3n) is 2.80. The highest BCUT2D eigenvalue weighted by molar-refractivity contribution is 8.13. The predicted octanol–water partition coefficient (Wildman–Crippen LogP) is 3.87. The van der Waals surface area contributed by atoms with Gasteiger partial charge in [0, 0.05) is 10.8 Å². The summed E-state index contributed by atoms with van der Waals surface area (Å²) in [5, 5.41) is 5.28. The number of hydrogen-bond donors (Lipinski definition) is 1. The molecule has 0 spiro atoms. The number of amidine groups is 1. The first kappa shape index (κ1) is 12.8. The van der Waals surface area contributed by atoms with Gasteiger partial charge in [-0.3, -0.25) is 4.99 Å². The molecule has 92 valence electrons. The highest BCUT2D eigenvalue weighted by Gasteiger charge is 2.14. The van der Waals surface area contributed by atoms with Crippen molar-refractivity contribution < 1.29 is 0 Å². The number of thioether (sulfide) groups is 1. The van der Waals surface area contributed by atoms with Gasteiger partial charge in [-0.15, -0.1) is 0 Å². The molecule has 1 heterocycles. The van der Waals surface area contributed by atoms with E-state index in [1.165, 1.54) is 12.0 Å². The number of nitrogens with one attached hydrogen (secondary N) is 1. The molecule has 1 aliphatic heterocycles. The molecular formula is C13H17ClN2S. The van der Waals surface area contributed by atoms with Crippen molar-refractivity contribution in [1.29, 1.82) is 0 Å². The van der Waals surface area contributed by atoms with E-state index in [-0.39, 0.29) is 6.04 Å². The van der Waals surface area contributed by atoms with Crippen molar-refractivity contribution >= 4 is 28.5 Å². The third kappa shape index (κ3) is 3.65. The first-order valence-corrected chi connectivity index (χ1v) is 7.24. The molecule has 2 nitrogen and oxygen atoms in total. The van der Waals surface area contributed by atoms with Crippen molar-refractivity contribution in [1.82, 2.24) is 5.32 Å². The zero-order chi connectivity index (χ0) is 12.3. The second-order valence-corrected chi connectivity index (χ2v) is 5.86. The molecule has 0 radical (unpaired) electrons. The van der Waals surface area contributed by atoms with E-state index in [1.54, 1.807) is 11.8 Å².